The Morgan fingerprint density at radius 1 is 1.19 bits per heavy atom. The molecule has 0 aliphatic carbocycles. The molecular formula is C11H23N3O2. The summed E-state index contributed by atoms with van der Waals surface area (Å²) in [4.78, 5) is 9.92. The summed E-state index contributed by atoms with van der Waals surface area (Å²) in [6.45, 7) is 4.77. The van der Waals surface area contributed by atoms with Crippen LogP contribution in [0.3, 0.4) is 0 Å². The van der Waals surface area contributed by atoms with Crippen LogP contribution in [0.25, 0.3) is 0 Å². The summed E-state index contributed by atoms with van der Waals surface area (Å²) in [6.07, 6.45) is 4.08. The minimum Gasteiger partial charge on any atom is -0.468 e. The molecule has 0 spiro atoms. The van der Waals surface area contributed by atoms with Gasteiger partial charge in [0.25, 0.3) is 6.47 Å². The van der Waals surface area contributed by atoms with Crippen molar-refractivity contribution in [3.8, 4) is 0 Å². The number of rotatable bonds is 7. The Kier molecular flexibility index (Phi) is 6.37. The minimum absolute atomic E-state index is 0.123. The molecule has 4 N–H and O–H groups in total. The molecule has 1 heterocycles. The lowest BCUT2D eigenvalue weighted by Gasteiger charge is -2.27. The molecule has 16 heavy (non-hydrogen) atoms. The van der Waals surface area contributed by atoms with Crippen molar-refractivity contribution in [3.63, 3.8) is 0 Å². The van der Waals surface area contributed by atoms with E-state index in [9.17, 15) is 4.79 Å². The molecule has 94 valence electrons. The molecule has 0 atom stereocenters. The number of unbranched alkanes of at least 4 members (excludes halogenated alkanes) is 2. The van der Waals surface area contributed by atoms with Crippen molar-refractivity contribution in [1.82, 2.24) is 10.6 Å². The highest BCUT2D eigenvalue weighted by atomic mass is 16.5. The van der Waals surface area contributed by atoms with Crippen molar-refractivity contribution in [2.75, 3.05) is 32.8 Å². The SMILES string of the molecule is NC1(CCCCCOC=O)CNCCNC1. The third-order valence-electron chi connectivity index (χ3n) is 2.94. The van der Waals surface area contributed by atoms with E-state index in [-0.39, 0.29) is 5.54 Å². The lowest BCUT2D eigenvalue weighted by Crippen LogP contribution is -2.52. The van der Waals surface area contributed by atoms with Crippen molar-refractivity contribution in [2.24, 2.45) is 5.73 Å². The van der Waals surface area contributed by atoms with Crippen molar-refractivity contribution in [3.05, 3.63) is 0 Å². The smallest absolute Gasteiger partial charge is 0.293 e. The van der Waals surface area contributed by atoms with Crippen molar-refractivity contribution >= 4 is 6.47 Å². The number of carbonyl (C=O) groups is 1. The Bertz CT molecular complexity index is 192. The first-order chi connectivity index (χ1) is 7.77. The fourth-order valence-corrected chi connectivity index (χ4v) is 1.98. The van der Waals surface area contributed by atoms with Crippen molar-refractivity contribution in [1.29, 1.82) is 0 Å². The first-order valence-electron chi connectivity index (χ1n) is 6.02. The summed E-state index contributed by atoms with van der Waals surface area (Å²) in [5, 5.41) is 6.68. The molecule has 1 aliphatic rings. The zero-order valence-corrected chi connectivity index (χ0v) is 9.84. The standard InChI is InChI=1S/C11H23N3O2/c12-11(8-13-5-6-14-9-11)4-2-1-3-7-16-10-15/h10,13-14H,1-9,12H2. The number of nitrogens with one attached hydrogen (secondary N) is 2. The quantitative estimate of drug-likeness (QED) is 0.409. The maximum Gasteiger partial charge on any atom is 0.293 e. The first kappa shape index (κ1) is 13.4. The van der Waals surface area contributed by atoms with Gasteiger partial charge in [0.05, 0.1) is 6.61 Å². The van der Waals surface area contributed by atoms with Crippen LogP contribution in [-0.2, 0) is 9.53 Å². The van der Waals surface area contributed by atoms with Gasteiger partial charge < -0.3 is 21.1 Å². The monoisotopic (exact) mass is 229 g/mol. The van der Waals surface area contributed by atoms with E-state index in [0.717, 1.165) is 51.9 Å². The highest BCUT2D eigenvalue weighted by molar-refractivity contribution is 5.36. The van der Waals surface area contributed by atoms with Crippen LogP contribution in [0.15, 0.2) is 0 Å². The molecule has 5 heteroatoms. The van der Waals surface area contributed by atoms with Gasteiger partial charge >= 0.3 is 0 Å². The van der Waals surface area contributed by atoms with Crippen LogP contribution in [0.2, 0.25) is 0 Å². The second-order valence-corrected chi connectivity index (χ2v) is 4.49. The number of ether oxygens (including phenoxy) is 1. The molecule has 0 saturated carbocycles. The maximum absolute atomic E-state index is 9.92. The number of nitrogens with two attached hydrogens (primary N) is 1. The fraction of sp³-hybridized carbons (Fsp3) is 0.909. The second-order valence-electron chi connectivity index (χ2n) is 4.49. The molecule has 0 radical (unpaired) electrons. The van der Waals surface area contributed by atoms with Crippen molar-refractivity contribution in [2.45, 2.75) is 31.2 Å². The fourth-order valence-electron chi connectivity index (χ4n) is 1.98. The lowest BCUT2D eigenvalue weighted by atomic mass is 9.93. The summed E-state index contributed by atoms with van der Waals surface area (Å²) >= 11 is 0. The molecule has 0 amide bonds. The largest absolute Gasteiger partial charge is 0.468 e. The van der Waals surface area contributed by atoms with Crippen molar-refractivity contribution < 1.29 is 9.53 Å². The molecule has 0 bridgehead atoms. The van der Waals surface area contributed by atoms with E-state index in [0.29, 0.717) is 13.1 Å². The van der Waals surface area contributed by atoms with Gasteiger partial charge in [-0.25, -0.2) is 0 Å². The van der Waals surface area contributed by atoms with E-state index in [1.807, 2.05) is 0 Å². The summed E-state index contributed by atoms with van der Waals surface area (Å²) in [5.41, 5.74) is 6.16. The summed E-state index contributed by atoms with van der Waals surface area (Å²) < 4.78 is 4.63. The maximum atomic E-state index is 9.92. The van der Waals surface area contributed by atoms with Gasteiger partial charge in [0.1, 0.15) is 0 Å². The number of carbonyl (C=O) groups excluding carboxylic acids is 1. The molecule has 1 rings (SSSR count). The minimum atomic E-state index is -0.123. The molecule has 0 aromatic rings. The van der Waals surface area contributed by atoms with Gasteiger partial charge in [0.2, 0.25) is 0 Å². The zero-order valence-electron chi connectivity index (χ0n) is 9.84. The third kappa shape index (κ3) is 5.44. The first-order valence-corrected chi connectivity index (χ1v) is 6.02. The molecule has 1 fully saturated rings. The van der Waals surface area contributed by atoms with Crippen LogP contribution in [0.1, 0.15) is 25.7 Å². The van der Waals surface area contributed by atoms with E-state index in [1.54, 1.807) is 0 Å². The Labute approximate surface area is 97.1 Å². The molecule has 1 aliphatic heterocycles. The second kappa shape index (κ2) is 7.60. The summed E-state index contributed by atoms with van der Waals surface area (Å²) in [5.74, 6) is 0. The molecule has 0 aromatic heterocycles. The lowest BCUT2D eigenvalue weighted by molar-refractivity contribution is -0.128. The molecule has 0 aromatic carbocycles. The van der Waals surface area contributed by atoms with Crippen LogP contribution in [-0.4, -0.2) is 44.8 Å². The number of hydrogen-bond donors (Lipinski definition) is 3. The average molecular weight is 229 g/mol. The Hall–Kier alpha value is -0.650. The number of hydrogen-bond acceptors (Lipinski definition) is 5. The summed E-state index contributed by atoms with van der Waals surface area (Å²) in [6, 6.07) is 0. The zero-order chi connectivity index (χ0) is 11.7. The Morgan fingerprint density at radius 2 is 1.88 bits per heavy atom. The Morgan fingerprint density at radius 3 is 2.50 bits per heavy atom. The van der Waals surface area contributed by atoms with Crippen LogP contribution >= 0.6 is 0 Å². The van der Waals surface area contributed by atoms with Gasteiger partial charge in [0, 0.05) is 31.7 Å². The van der Waals surface area contributed by atoms with Gasteiger partial charge in [-0.1, -0.05) is 6.42 Å². The van der Waals surface area contributed by atoms with Crippen LogP contribution in [0, 0.1) is 0 Å². The van der Waals surface area contributed by atoms with Crippen LogP contribution in [0.5, 0.6) is 0 Å². The van der Waals surface area contributed by atoms with E-state index in [4.69, 9.17) is 5.73 Å². The Balaban J connectivity index is 2.07. The van der Waals surface area contributed by atoms with E-state index < -0.39 is 0 Å². The topological polar surface area (TPSA) is 76.4 Å². The van der Waals surface area contributed by atoms with Crippen LogP contribution in [0.4, 0.5) is 0 Å². The highest BCUT2D eigenvalue weighted by Gasteiger charge is 2.25. The van der Waals surface area contributed by atoms with E-state index >= 15 is 0 Å². The van der Waals surface area contributed by atoms with Gasteiger partial charge in [0.15, 0.2) is 0 Å². The van der Waals surface area contributed by atoms with Gasteiger partial charge in [-0.2, -0.15) is 0 Å². The van der Waals surface area contributed by atoms with E-state index in [1.165, 1.54) is 0 Å². The normalized spacial score (nSPS) is 20.1. The van der Waals surface area contributed by atoms with Crippen LogP contribution < -0.4 is 16.4 Å². The molecule has 5 nitrogen and oxygen atoms in total. The average Bonchev–Trinajstić information content (AvgIpc) is 2.49. The highest BCUT2D eigenvalue weighted by Crippen LogP contribution is 2.12. The van der Waals surface area contributed by atoms with E-state index in [2.05, 4.69) is 15.4 Å². The van der Waals surface area contributed by atoms with Gasteiger partial charge in [-0.3, -0.25) is 4.79 Å². The third-order valence-corrected chi connectivity index (χ3v) is 2.94. The predicted molar refractivity (Wildman–Crippen MR) is 63.1 cm³/mol. The molecule has 1 saturated heterocycles. The van der Waals surface area contributed by atoms with Gasteiger partial charge in [-0.15, -0.1) is 0 Å². The van der Waals surface area contributed by atoms with Gasteiger partial charge in [-0.05, 0) is 19.3 Å². The summed E-state index contributed by atoms with van der Waals surface area (Å²) in [7, 11) is 0. The molecule has 0 unspecified atom stereocenters. The molecular weight excluding hydrogens is 206 g/mol. The predicted octanol–water partition coefficient (Wildman–Crippen LogP) is -0.390.